The number of likely N-dealkylation sites (tertiary alicyclic amines) is 2. The third kappa shape index (κ3) is 6.43. The van der Waals surface area contributed by atoms with Gasteiger partial charge in [-0.05, 0) is 73.6 Å². The van der Waals surface area contributed by atoms with Gasteiger partial charge in [0.1, 0.15) is 11.9 Å². The summed E-state index contributed by atoms with van der Waals surface area (Å²) < 4.78 is 14.2. The van der Waals surface area contributed by atoms with Crippen LogP contribution < -0.4 is 4.90 Å². The van der Waals surface area contributed by atoms with Crippen molar-refractivity contribution in [1.29, 1.82) is 0 Å². The van der Waals surface area contributed by atoms with Gasteiger partial charge in [-0.2, -0.15) is 0 Å². The Balaban J connectivity index is 1.13. The van der Waals surface area contributed by atoms with Gasteiger partial charge >= 0.3 is 5.97 Å². The van der Waals surface area contributed by atoms with Gasteiger partial charge in [-0.15, -0.1) is 0 Å². The van der Waals surface area contributed by atoms with Crippen molar-refractivity contribution in [2.24, 2.45) is 17.8 Å². The second-order valence-electron chi connectivity index (χ2n) is 12.4. The molecule has 0 bridgehead atoms. The molecule has 1 aromatic heterocycles. The van der Waals surface area contributed by atoms with Crippen LogP contribution in [-0.4, -0.2) is 82.2 Å². The molecule has 0 radical (unpaired) electrons. The predicted molar refractivity (Wildman–Crippen MR) is 149 cm³/mol. The molecular formula is C31H42FN5O2. The molecule has 6 rings (SSSR count). The van der Waals surface area contributed by atoms with E-state index in [1.165, 1.54) is 25.3 Å². The zero-order valence-electron chi connectivity index (χ0n) is 22.9. The Kier molecular flexibility index (Phi) is 8.12. The van der Waals surface area contributed by atoms with E-state index >= 15 is 0 Å². The highest BCUT2D eigenvalue weighted by Crippen LogP contribution is 2.39. The van der Waals surface area contributed by atoms with Gasteiger partial charge in [-0.3, -0.25) is 9.69 Å². The zero-order chi connectivity index (χ0) is 26.8. The summed E-state index contributed by atoms with van der Waals surface area (Å²) in [5.41, 5.74) is 1.00. The third-order valence-corrected chi connectivity index (χ3v) is 9.70. The summed E-state index contributed by atoms with van der Waals surface area (Å²) in [5, 5.41) is 10.1. The largest absolute Gasteiger partial charge is 0.480 e. The van der Waals surface area contributed by atoms with Crippen LogP contribution in [0.3, 0.4) is 0 Å². The minimum atomic E-state index is -0.708. The number of hydrogen-bond donors (Lipinski definition) is 1. The molecule has 8 heteroatoms. The van der Waals surface area contributed by atoms with Crippen LogP contribution in [0.1, 0.15) is 62.8 Å². The van der Waals surface area contributed by atoms with Crippen LogP contribution in [0.4, 0.5) is 10.3 Å². The molecule has 0 spiro atoms. The van der Waals surface area contributed by atoms with Crippen molar-refractivity contribution >= 4 is 11.9 Å². The Hall–Kier alpha value is -2.58. The maximum Gasteiger partial charge on any atom is 0.320 e. The average molecular weight is 536 g/mol. The number of hydrogen-bond acceptors (Lipinski definition) is 6. The maximum atomic E-state index is 14.2. The van der Waals surface area contributed by atoms with Gasteiger partial charge in [-0.25, -0.2) is 14.4 Å². The van der Waals surface area contributed by atoms with Crippen molar-refractivity contribution < 1.29 is 14.3 Å². The highest BCUT2D eigenvalue weighted by Gasteiger charge is 2.42. The molecule has 4 fully saturated rings. The van der Waals surface area contributed by atoms with Crippen molar-refractivity contribution in [2.45, 2.75) is 69.4 Å². The molecule has 2 aliphatic carbocycles. The lowest BCUT2D eigenvalue weighted by Crippen LogP contribution is -2.48. The number of aliphatic carboxylic acids is 1. The highest BCUT2D eigenvalue weighted by molar-refractivity contribution is 5.73. The number of carboxylic acids is 1. The second kappa shape index (κ2) is 11.9. The number of nitrogens with zero attached hydrogens (tertiary/aromatic N) is 5. The van der Waals surface area contributed by atoms with Crippen molar-refractivity contribution in [3.8, 4) is 0 Å². The minimum Gasteiger partial charge on any atom is -0.480 e. The van der Waals surface area contributed by atoms with Gasteiger partial charge in [0.25, 0.3) is 0 Å². The van der Waals surface area contributed by atoms with Crippen LogP contribution in [-0.2, 0) is 4.79 Å². The van der Waals surface area contributed by atoms with Crippen LogP contribution in [0.25, 0.3) is 0 Å². The smallest absolute Gasteiger partial charge is 0.320 e. The van der Waals surface area contributed by atoms with Gasteiger partial charge in [0, 0.05) is 63.6 Å². The Bertz CT molecular complexity index is 1100. The molecule has 1 aromatic carbocycles. The van der Waals surface area contributed by atoms with Gasteiger partial charge < -0.3 is 14.9 Å². The number of aromatic nitrogens is 2. The summed E-state index contributed by atoms with van der Waals surface area (Å²) in [6.45, 7) is 5.44. The Labute approximate surface area is 231 Å². The van der Waals surface area contributed by atoms with Crippen LogP contribution in [0.2, 0.25) is 0 Å². The summed E-state index contributed by atoms with van der Waals surface area (Å²) in [4.78, 5) is 28.7. The molecule has 2 saturated heterocycles. The zero-order valence-corrected chi connectivity index (χ0v) is 22.9. The molecular weight excluding hydrogens is 493 g/mol. The van der Waals surface area contributed by atoms with E-state index in [1.54, 1.807) is 12.1 Å². The van der Waals surface area contributed by atoms with Gasteiger partial charge in [-0.1, -0.05) is 31.4 Å². The van der Waals surface area contributed by atoms with Crippen molar-refractivity contribution in [1.82, 2.24) is 19.8 Å². The lowest BCUT2D eigenvalue weighted by Gasteiger charge is -2.40. The summed E-state index contributed by atoms with van der Waals surface area (Å²) in [7, 11) is 0. The van der Waals surface area contributed by atoms with Crippen LogP contribution >= 0.6 is 0 Å². The van der Waals surface area contributed by atoms with E-state index in [-0.39, 0.29) is 17.7 Å². The number of rotatable bonds is 11. The first-order chi connectivity index (χ1) is 19.0. The maximum absolute atomic E-state index is 14.2. The number of carboxylic acid groups (broad SMARTS) is 1. The molecule has 0 amide bonds. The lowest BCUT2D eigenvalue weighted by atomic mass is 9.80. The van der Waals surface area contributed by atoms with E-state index < -0.39 is 12.0 Å². The fourth-order valence-electron chi connectivity index (χ4n) is 7.07. The Morgan fingerprint density at radius 3 is 2.44 bits per heavy atom. The Morgan fingerprint density at radius 1 is 1.03 bits per heavy atom. The van der Waals surface area contributed by atoms with E-state index in [0.29, 0.717) is 18.5 Å². The molecule has 3 heterocycles. The molecule has 0 unspecified atom stereocenters. The molecule has 210 valence electrons. The summed E-state index contributed by atoms with van der Waals surface area (Å²) in [6, 6.07) is 8.85. The number of carbonyl (C=O) groups is 1. The first kappa shape index (κ1) is 26.6. The van der Waals surface area contributed by atoms with E-state index in [9.17, 15) is 14.3 Å². The first-order valence-corrected chi connectivity index (χ1v) is 15.0. The minimum absolute atomic E-state index is 0.144. The van der Waals surface area contributed by atoms with Crippen molar-refractivity contribution in [3.63, 3.8) is 0 Å². The number of benzene rings is 1. The fourth-order valence-corrected chi connectivity index (χ4v) is 7.07. The van der Waals surface area contributed by atoms with Crippen molar-refractivity contribution in [2.75, 3.05) is 44.2 Å². The number of anilines is 1. The van der Waals surface area contributed by atoms with Crippen LogP contribution in [0, 0.1) is 23.6 Å². The fraction of sp³-hybridized carbons (Fsp3) is 0.645. The average Bonchev–Trinajstić information content (AvgIpc) is 3.65. The topological polar surface area (TPSA) is 72.8 Å². The van der Waals surface area contributed by atoms with E-state index in [0.717, 1.165) is 82.3 Å². The predicted octanol–water partition coefficient (Wildman–Crippen LogP) is 4.66. The molecule has 3 atom stereocenters. The molecule has 7 nitrogen and oxygen atoms in total. The molecule has 2 aliphatic heterocycles. The molecule has 4 aliphatic rings. The highest BCUT2D eigenvalue weighted by atomic mass is 19.1. The summed E-state index contributed by atoms with van der Waals surface area (Å²) in [5.74, 6) is 1.66. The van der Waals surface area contributed by atoms with Gasteiger partial charge in [0.05, 0.1) is 0 Å². The number of piperidine rings is 1. The quantitative estimate of drug-likeness (QED) is 0.449. The number of halogens is 1. The van der Waals surface area contributed by atoms with Crippen molar-refractivity contribution in [3.05, 3.63) is 54.1 Å². The van der Waals surface area contributed by atoms with E-state index in [4.69, 9.17) is 0 Å². The monoisotopic (exact) mass is 535 g/mol. The van der Waals surface area contributed by atoms with Gasteiger partial charge in [0.2, 0.25) is 5.95 Å². The van der Waals surface area contributed by atoms with Crippen LogP contribution in [0.15, 0.2) is 42.7 Å². The van der Waals surface area contributed by atoms with E-state index in [2.05, 4.69) is 24.7 Å². The molecule has 2 saturated carbocycles. The SMILES string of the molecule is O=C(O)[C@@H](CC1CCC1)N1C[C@H](CN2CCC(N(CC3CC3)c3ncccn3)CC2)[C@@H](c2cccc(F)c2)C1. The summed E-state index contributed by atoms with van der Waals surface area (Å²) >= 11 is 0. The molecule has 39 heavy (non-hydrogen) atoms. The first-order valence-electron chi connectivity index (χ1n) is 15.0. The third-order valence-electron chi connectivity index (χ3n) is 9.70. The van der Waals surface area contributed by atoms with E-state index in [1.807, 2.05) is 24.5 Å². The van der Waals surface area contributed by atoms with Gasteiger partial charge in [0.15, 0.2) is 0 Å². The lowest BCUT2D eigenvalue weighted by molar-refractivity contribution is -0.144. The normalized spacial score (nSPS) is 25.9. The standard InChI is InChI=1S/C31H42FN5O2/c32-26-7-2-6-24(17-26)28-21-36(29(30(38)39)16-22-4-1-5-22)20-25(28)19-35-14-10-27(11-15-35)37(18-23-8-9-23)31-33-12-3-13-34-31/h2-3,6-7,12-13,17,22-23,25,27-29H,1,4-5,8-11,14-16,18-21H2,(H,38,39)/t25-,28+,29+/m0/s1. The molecule has 1 N–H and O–H groups in total. The second-order valence-corrected chi connectivity index (χ2v) is 12.4. The summed E-state index contributed by atoms with van der Waals surface area (Å²) in [6.07, 6.45) is 12.7. The Morgan fingerprint density at radius 2 is 1.79 bits per heavy atom. The van der Waals surface area contributed by atoms with Crippen LogP contribution in [0.5, 0.6) is 0 Å². The molecule has 2 aromatic rings.